The van der Waals surface area contributed by atoms with Crippen LogP contribution in [0.1, 0.15) is 38.9 Å². The van der Waals surface area contributed by atoms with Gasteiger partial charge in [-0.3, -0.25) is 4.79 Å². The average Bonchev–Trinajstić information content (AvgIpc) is 2.28. The predicted octanol–water partition coefficient (Wildman–Crippen LogP) is 1.10. The summed E-state index contributed by atoms with van der Waals surface area (Å²) in [7, 11) is 0. The van der Waals surface area contributed by atoms with Crippen molar-refractivity contribution < 1.29 is 5.11 Å². The van der Waals surface area contributed by atoms with Crippen molar-refractivity contribution in [2.45, 2.75) is 33.1 Å². The van der Waals surface area contributed by atoms with Crippen LogP contribution in [0.3, 0.4) is 0 Å². The lowest BCUT2D eigenvalue weighted by Gasteiger charge is -2.22. The minimum Gasteiger partial charge on any atom is -0.395 e. The minimum atomic E-state index is -0.141. The van der Waals surface area contributed by atoms with Crippen molar-refractivity contribution in [1.29, 1.82) is 0 Å². The molecular formula is C12H21N3O2. The molecule has 5 heteroatoms. The van der Waals surface area contributed by atoms with Gasteiger partial charge in [0, 0.05) is 25.1 Å². The largest absolute Gasteiger partial charge is 0.395 e. The third-order valence-electron chi connectivity index (χ3n) is 2.48. The smallest absolute Gasteiger partial charge is 0.252 e. The molecule has 0 aliphatic carbocycles. The molecule has 96 valence electrons. The van der Waals surface area contributed by atoms with E-state index >= 15 is 0 Å². The van der Waals surface area contributed by atoms with Crippen LogP contribution in [0.15, 0.2) is 10.9 Å². The van der Waals surface area contributed by atoms with Gasteiger partial charge in [0.2, 0.25) is 0 Å². The van der Waals surface area contributed by atoms with Gasteiger partial charge in [-0.15, -0.1) is 0 Å². The molecule has 1 aromatic heterocycles. The summed E-state index contributed by atoms with van der Waals surface area (Å²) >= 11 is 0. The van der Waals surface area contributed by atoms with E-state index in [2.05, 4.69) is 16.9 Å². The lowest BCUT2D eigenvalue weighted by molar-refractivity contribution is 0.301. The molecule has 0 aromatic carbocycles. The number of aliphatic hydroxyl groups excluding tert-OH is 1. The first kappa shape index (κ1) is 13.7. The van der Waals surface area contributed by atoms with Crippen LogP contribution in [0.4, 0.5) is 5.82 Å². The van der Waals surface area contributed by atoms with Crippen LogP contribution in [0.2, 0.25) is 0 Å². The highest BCUT2D eigenvalue weighted by Gasteiger charge is 2.10. The Morgan fingerprint density at radius 2 is 2.18 bits per heavy atom. The van der Waals surface area contributed by atoms with E-state index in [4.69, 9.17) is 5.11 Å². The zero-order valence-electron chi connectivity index (χ0n) is 10.7. The van der Waals surface area contributed by atoms with Crippen LogP contribution in [0, 0.1) is 0 Å². The molecular weight excluding hydrogens is 218 g/mol. The monoisotopic (exact) mass is 239 g/mol. The van der Waals surface area contributed by atoms with Crippen LogP contribution in [-0.4, -0.2) is 34.8 Å². The summed E-state index contributed by atoms with van der Waals surface area (Å²) in [6.07, 6.45) is 0.950. The molecule has 0 unspecified atom stereocenters. The Morgan fingerprint density at radius 1 is 1.47 bits per heavy atom. The van der Waals surface area contributed by atoms with E-state index in [0.29, 0.717) is 18.2 Å². The predicted molar refractivity (Wildman–Crippen MR) is 68.5 cm³/mol. The molecule has 1 heterocycles. The zero-order chi connectivity index (χ0) is 12.8. The van der Waals surface area contributed by atoms with Crippen molar-refractivity contribution in [3.05, 3.63) is 22.2 Å². The maximum Gasteiger partial charge on any atom is 0.252 e. The van der Waals surface area contributed by atoms with Crippen LogP contribution in [0.25, 0.3) is 0 Å². The van der Waals surface area contributed by atoms with Crippen LogP contribution in [-0.2, 0) is 0 Å². The zero-order valence-corrected chi connectivity index (χ0v) is 10.7. The van der Waals surface area contributed by atoms with Gasteiger partial charge in [-0.1, -0.05) is 20.8 Å². The third-order valence-corrected chi connectivity index (χ3v) is 2.48. The molecule has 1 rings (SSSR count). The molecule has 0 bridgehead atoms. The van der Waals surface area contributed by atoms with Gasteiger partial charge in [0.1, 0.15) is 11.6 Å². The number of rotatable bonds is 6. The normalized spacial score (nSPS) is 10.9. The van der Waals surface area contributed by atoms with Gasteiger partial charge in [-0.2, -0.15) is 0 Å². The lowest BCUT2D eigenvalue weighted by atomic mass is 10.2. The van der Waals surface area contributed by atoms with Gasteiger partial charge in [0.25, 0.3) is 5.56 Å². The van der Waals surface area contributed by atoms with E-state index < -0.39 is 0 Å². The highest BCUT2D eigenvalue weighted by molar-refractivity contribution is 5.37. The molecule has 0 atom stereocenters. The highest BCUT2D eigenvalue weighted by Crippen LogP contribution is 2.13. The molecule has 2 N–H and O–H groups in total. The summed E-state index contributed by atoms with van der Waals surface area (Å²) in [4.78, 5) is 20.6. The molecule has 1 aromatic rings. The molecule has 5 nitrogen and oxygen atoms in total. The van der Waals surface area contributed by atoms with E-state index in [1.54, 1.807) is 0 Å². The van der Waals surface area contributed by atoms with Crippen molar-refractivity contribution in [3.63, 3.8) is 0 Å². The van der Waals surface area contributed by atoms with E-state index in [0.717, 1.165) is 13.0 Å². The summed E-state index contributed by atoms with van der Waals surface area (Å²) < 4.78 is 0. The van der Waals surface area contributed by atoms with Crippen molar-refractivity contribution in [3.8, 4) is 0 Å². The van der Waals surface area contributed by atoms with E-state index in [-0.39, 0.29) is 18.1 Å². The standard InChI is InChI=1S/C12H21N3O2/c1-4-5-15(6-7-16)10-8-11(17)14-12(13-10)9(2)3/h8-9,16H,4-7H2,1-3H3,(H,13,14,17). The van der Waals surface area contributed by atoms with Gasteiger partial charge in [0.05, 0.1) is 6.61 Å². The fraction of sp³-hybridized carbons (Fsp3) is 0.667. The summed E-state index contributed by atoms with van der Waals surface area (Å²) in [6.45, 7) is 7.37. The number of hydrogen-bond acceptors (Lipinski definition) is 4. The maximum atomic E-state index is 11.5. The van der Waals surface area contributed by atoms with Crippen LogP contribution in [0.5, 0.6) is 0 Å². The Hall–Kier alpha value is -1.36. The van der Waals surface area contributed by atoms with Gasteiger partial charge in [-0.05, 0) is 6.42 Å². The van der Waals surface area contributed by atoms with Crippen molar-refractivity contribution in [2.75, 3.05) is 24.6 Å². The summed E-state index contributed by atoms with van der Waals surface area (Å²) in [5.41, 5.74) is -0.141. The summed E-state index contributed by atoms with van der Waals surface area (Å²) in [5.74, 6) is 1.51. The molecule has 0 saturated carbocycles. The number of aromatic nitrogens is 2. The van der Waals surface area contributed by atoms with Crippen LogP contribution < -0.4 is 10.5 Å². The first-order valence-electron chi connectivity index (χ1n) is 6.05. The Kier molecular flexibility index (Phi) is 5.15. The Balaban J connectivity index is 3.05. The van der Waals surface area contributed by atoms with E-state index in [1.165, 1.54) is 6.07 Å². The first-order valence-corrected chi connectivity index (χ1v) is 6.05. The molecule has 0 saturated heterocycles. The van der Waals surface area contributed by atoms with Gasteiger partial charge in [-0.25, -0.2) is 4.98 Å². The van der Waals surface area contributed by atoms with Crippen molar-refractivity contribution in [1.82, 2.24) is 9.97 Å². The number of aliphatic hydroxyl groups is 1. The first-order chi connectivity index (χ1) is 8.08. The lowest BCUT2D eigenvalue weighted by Crippen LogP contribution is -2.30. The topological polar surface area (TPSA) is 69.2 Å². The maximum absolute atomic E-state index is 11.5. The van der Waals surface area contributed by atoms with Gasteiger partial charge in [0.15, 0.2) is 0 Å². The summed E-state index contributed by atoms with van der Waals surface area (Å²) in [5, 5.41) is 9.02. The van der Waals surface area contributed by atoms with E-state index in [1.807, 2.05) is 18.7 Å². The quantitative estimate of drug-likeness (QED) is 0.780. The van der Waals surface area contributed by atoms with Gasteiger partial charge < -0.3 is 15.0 Å². The number of hydrogen-bond donors (Lipinski definition) is 2. The second-order valence-corrected chi connectivity index (χ2v) is 4.35. The number of H-pyrrole nitrogens is 1. The van der Waals surface area contributed by atoms with Gasteiger partial charge >= 0.3 is 0 Å². The SMILES string of the molecule is CCCN(CCO)c1cc(=O)[nH]c(C(C)C)n1. The van der Waals surface area contributed by atoms with E-state index in [9.17, 15) is 4.79 Å². The second-order valence-electron chi connectivity index (χ2n) is 4.35. The fourth-order valence-corrected chi connectivity index (χ4v) is 1.63. The molecule has 0 spiro atoms. The number of anilines is 1. The molecule has 0 amide bonds. The third kappa shape index (κ3) is 3.85. The molecule has 0 aliphatic heterocycles. The molecule has 17 heavy (non-hydrogen) atoms. The Morgan fingerprint density at radius 3 is 2.71 bits per heavy atom. The summed E-state index contributed by atoms with van der Waals surface area (Å²) in [6, 6.07) is 1.48. The second kappa shape index (κ2) is 6.39. The molecule has 0 aliphatic rings. The Labute approximate surface area is 102 Å². The molecule has 0 radical (unpaired) electrons. The van der Waals surface area contributed by atoms with Crippen molar-refractivity contribution in [2.24, 2.45) is 0 Å². The molecule has 0 fully saturated rings. The number of aromatic amines is 1. The van der Waals surface area contributed by atoms with Crippen LogP contribution >= 0.6 is 0 Å². The highest BCUT2D eigenvalue weighted by atomic mass is 16.3. The van der Waals surface area contributed by atoms with Crippen molar-refractivity contribution >= 4 is 5.82 Å². The fourth-order valence-electron chi connectivity index (χ4n) is 1.63. The Bertz CT molecular complexity index is 395. The number of nitrogens with zero attached hydrogens (tertiary/aromatic N) is 2. The minimum absolute atomic E-state index is 0.0610. The number of nitrogens with one attached hydrogen (secondary N) is 1. The average molecular weight is 239 g/mol.